The lowest BCUT2D eigenvalue weighted by Gasteiger charge is -2.31. The summed E-state index contributed by atoms with van der Waals surface area (Å²) in [5, 5.41) is 0. The summed E-state index contributed by atoms with van der Waals surface area (Å²) in [7, 11) is -8.92. The Balaban J connectivity index is 1.42. The van der Waals surface area contributed by atoms with Gasteiger partial charge in [0.1, 0.15) is 20.8 Å². The highest BCUT2D eigenvalue weighted by molar-refractivity contribution is 7.87. The van der Waals surface area contributed by atoms with E-state index in [1.807, 2.05) is 12.1 Å². The van der Waals surface area contributed by atoms with Crippen molar-refractivity contribution in [3.63, 3.8) is 0 Å². The van der Waals surface area contributed by atoms with Gasteiger partial charge in [-0.1, -0.05) is 108 Å². The van der Waals surface area contributed by atoms with Gasteiger partial charge in [-0.25, -0.2) is 8.42 Å². The largest absolute Gasteiger partial charge is 0.744 e. The van der Waals surface area contributed by atoms with E-state index in [9.17, 15) is 21.4 Å². The fourth-order valence-corrected chi connectivity index (χ4v) is 9.94. The molecule has 0 heterocycles. The molecule has 0 aromatic heterocycles. The van der Waals surface area contributed by atoms with Crippen molar-refractivity contribution in [2.75, 3.05) is 0 Å². The smallest absolute Gasteiger partial charge is 0.339 e. The van der Waals surface area contributed by atoms with Gasteiger partial charge in [0.25, 0.3) is 0 Å². The van der Waals surface area contributed by atoms with Gasteiger partial charge in [0.05, 0.1) is 4.90 Å². The Morgan fingerprint density at radius 1 is 0.523 bits per heavy atom. The zero-order chi connectivity index (χ0) is 31.0. The highest BCUT2D eigenvalue weighted by Crippen LogP contribution is 2.44. The number of hydrogen-bond acceptors (Lipinski definition) is 6. The second-order valence-electron chi connectivity index (χ2n) is 13.6. The van der Waals surface area contributed by atoms with Crippen LogP contribution in [0.1, 0.15) is 169 Å². The summed E-state index contributed by atoms with van der Waals surface area (Å²) in [5.41, 5.74) is 2.09. The molecule has 0 aliphatic heterocycles. The summed E-state index contributed by atoms with van der Waals surface area (Å²) >= 11 is 0. The molecule has 2 aromatic carbocycles. The number of hydrogen-bond donors (Lipinski definition) is 0. The van der Waals surface area contributed by atoms with Gasteiger partial charge in [-0.15, -0.1) is 0 Å². The van der Waals surface area contributed by atoms with Crippen molar-refractivity contribution in [1.82, 2.24) is 0 Å². The van der Waals surface area contributed by atoms with E-state index in [1.54, 1.807) is 12.1 Å². The summed E-state index contributed by atoms with van der Waals surface area (Å²) in [6.45, 7) is 0. The summed E-state index contributed by atoms with van der Waals surface area (Å²) < 4.78 is 71.2. The quantitative estimate of drug-likeness (QED) is 0.220. The second kappa shape index (κ2) is 15.6. The maximum Gasteiger partial charge on any atom is 0.339 e. The van der Waals surface area contributed by atoms with Crippen molar-refractivity contribution in [1.29, 1.82) is 0 Å². The minimum atomic E-state index is -4.76. The SMILES string of the molecule is O=S(=O)([O-])c1c(C2CCCCC2)cc(OS(=O)(=O)c2ccc(C3CCCCCCCCCCC3)cc2)cc1C1CCCCC1. The van der Waals surface area contributed by atoms with Crippen LogP contribution in [0.4, 0.5) is 0 Å². The minimum absolute atomic E-state index is 0.0911. The zero-order valence-electron chi connectivity index (χ0n) is 26.3. The topological polar surface area (TPSA) is 101 Å². The fraction of sp³-hybridized carbons (Fsp3) is 0.667. The van der Waals surface area contributed by atoms with Crippen LogP contribution in [-0.4, -0.2) is 21.4 Å². The van der Waals surface area contributed by atoms with Crippen LogP contribution in [0.3, 0.4) is 0 Å². The molecule has 2 aromatic rings. The molecule has 6 nitrogen and oxygen atoms in total. The van der Waals surface area contributed by atoms with Crippen LogP contribution >= 0.6 is 0 Å². The summed E-state index contributed by atoms with van der Waals surface area (Å²) in [6, 6.07) is 10.3. The highest BCUT2D eigenvalue weighted by atomic mass is 32.2. The van der Waals surface area contributed by atoms with E-state index < -0.39 is 20.2 Å². The monoisotopic (exact) mass is 643 g/mol. The van der Waals surface area contributed by atoms with E-state index >= 15 is 0 Å². The average Bonchev–Trinajstić information content (AvgIpc) is 3.01. The lowest BCUT2D eigenvalue weighted by molar-refractivity contribution is 0.413. The van der Waals surface area contributed by atoms with Crippen LogP contribution in [0.2, 0.25) is 0 Å². The van der Waals surface area contributed by atoms with Crippen molar-refractivity contribution in [2.45, 2.75) is 162 Å². The van der Waals surface area contributed by atoms with Gasteiger partial charge in [-0.05, 0) is 97.2 Å². The van der Waals surface area contributed by atoms with Crippen LogP contribution in [0.15, 0.2) is 46.2 Å². The standard InChI is InChI=1S/C36H52O6S2/c37-43(38,39)36-34(30-18-12-8-13-19-30)26-32(27-35(36)31-20-14-9-15-21-31)42-44(40,41)33-24-22-29(23-25-33)28-16-10-6-4-2-1-3-5-7-11-17-28/h22-28,30-31H,1-21H2,(H,37,38,39)/p-1. The molecule has 0 unspecified atom stereocenters. The molecule has 0 N–H and O–H groups in total. The average molecular weight is 644 g/mol. The molecule has 0 amide bonds. The Hall–Kier alpha value is -1.90. The van der Waals surface area contributed by atoms with Crippen molar-refractivity contribution in [3.8, 4) is 5.75 Å². The fourth-order valence-electron chi connectivity index (χ4n) is 7.99. The maximum atomic E-state index is 13.6. The first-order chi connectivity index (χ1) is 21.2. The van der Waals surface area contributed by atoms with Crippen LogP contribution in [-0.2, 0) is 20.2 Å². The third-order valence-corrected chi connectivity index (χ3v) is 12.6. The molecule has 244 valence electrons. The van der Waals surface area contributed by atoms with E-state index in [2.05, 4.69) is 0 Å². The lowest BCUT2D eigenvalue weighted by Crippen LogP contribution is -2.18. The molecule has 44 heavy (non-hydrogen) atoms. The van der Waals surface area contributed by atoms with Gasteiger partial charge in [-0.3, -0.25) is 0 Å². The molecular weight excluding hydrogens is 593 g/mol. The van der Waals surface area contributed by atoms with Crippen molar-refractivity contribution < 1.29 is 25.6 Å². The van der Waals surface area contributed by atoms with Crippen LogP contribution in [0, 0.1) is 0 Å². The van der Waals surface area contributed by atoms with Gasteiger partial charge in [0, 0.05) is 0 Å². The summed E-state index contributed by atoms with van der Waals surface area (Å²) in [4.78, 5) is -0.0317. The molecule has 0 bridgehead atoms. The Kier molecular flexibility index (Phi) is 11.9. The Bertz CT molecular complexity index is 1370. The van der Waals surface area contributed by atoms with Crippen molar-refractivity contribution in [2.24, 2.45) is 0 Å². The molecule has 0 atom stereocenters. The first-order valence-corrected chi connectivity index (χ1v) is 20.2. The highest BCUT2D eigenvalue weighted by Gasteiger charge is 2.30. The third-order valence-electron chi connectivity index (χ3n) is 10.4. The minimum Gasteiger partial charge on any atom is -0.744 e. The predicted octanol–water partition coefficient (Wildman–Crippen LogP) is 9.84. The molecule has 3 aliphatic carbocycles. The van der Waals surface area contributed by atoms with Gasteiger partial charge in [0.15, 0.2) is 0 Å². The Morgan fingerprint density at radius 3 is 1.30 bits per heavy atom. The van der Waals surface area contributed by atoms with E-state index in [-0.39, 0.29) is 27.4 Å². The van der Waals surface area contributed by atoms with E-state index in [4.69, 9.17) is 4.18 Å². The van der Waals surface area contributed by atoms with Gasteiger partial charge >= 0.3 is 10.1 Å². The van der Waals surface area contributed by atoms with Gasteiger partial charge in [-0.2, -0.15) is 8.42 Å². The Labute approximate surface area is 266 Å². The number of rotatable bonds is 7. The number of benzene rings is 2. The Morgan fingerprint density at radius 2 is 0.886 bits per heavy atom. The first-order valence-electron chi connectivity index (χ1n) is 17.4. The van der Waals surface area contributed by atoms with E-state index in [0.717, 1.165) is 77.0 Å². The van der Waals surface area contributed by atoms with Gasteiger partial charge in [0.2, 0.25) is 0 Å². The molecule has 8 heteroatoms. The first kappa shape index (κ1) is 33.5. The second-order valence-corrected chi connectivity index (χ2v) is 16.5. The molecule has 3 saturated carbocycles. The third kappa shape index (κ3) is 8.88. The zero-order valence-corrected chi connectivity index (χ0v) is 27.9. The lowest BCUT2D eigenvalue weighted by atomic mass is 9.79. The van der Waals surface area contributed by atoms with Crippen LogP contribution in [0.25, 0.3) is 0 Å². The molecule has 0 saturated heterocycles. The van der Waals surface area contributed by atoms with Crippen LogP contribution < -0.4 is 4.18 Å². The molecular formula is C36H51O6S2-. The predicted molar refractivity (Wildman–Crippen MR) is 174 cm³/mol. The van der Waals surface area contributed by atoms with E-state index in [0.29, 0.717) is 17.0 Å². The molecule has 0 radical (unpaired) electrons. The normalized spacial score (nSPS) is 21.3. The van der Waals surface area contributed by atoms with Crippen molar-refractivity contribution in [3.05, 3.63) is 53.1 Å². The maximum absolute atomic E-state index is 13.6. The van der Waals surface area contributed by atoms with E-state index in [1.165, 1.54) is 75.5 Å². The molecule has 3 fully saturated rings. The summed E-state index contributed by atoms with van der Waals surface area (Å²) in [6.07, 6.45) is 22.9. The molecule has 3 aliphatic rings. The van der Waals surface area contributed by atoms with Crippen LogP contribution in [0.5, 0.6) is 5.75 Å². The molecule has 0 spiro atoms. The van der Waals surface area contributed by atoms with Crippen molar-refractivity contribution >= 4 is 20.2 Å². The summed E-state index contributed by atoms with van der Waals surface area (Å²) in [5.74, 6) is 0.356. The van der Waals surface area contributed by atoms with Gasteiger partial charge < -0.3 is 8.74 Å². The molecule has 5 rings (SSSR count).